The SMILES string of the molecule is C=CCC(NC(=O)[C@@H]1C[C@@H]1CNC(=O)OCC1c2ccccc2-c2ccccc21)C(=O)O. The Morgan fingerprint density at radius 1 is 1.09 bits per heavy atom. The van der Waals surface area contributed by atoms with Crippen molar-refractivity contribution in [2.75, 3.05) is 13.2 Å². The molecule has 2 aliphatic rings. The number of hydrogen-bond acceptors (Lipinski definition) is 4. The fraction of sp³-hybridized carbons (Fsp3) is 0.320. The molecule has 0 bridgehead atoms. The molecule has 2 aromatic carbocycles. The summed E-state index contributed by atoms with van der Waals surface area (Å²) in [4.78, 5) is 35.7. The Kier molecular flexibility index (Phi) is 6.25. The number of alkyl carbamates (subject to hydrolysis) is 1. The first-order valence-electron chi connectivity index (χ1n) is 10.7. The summed E-state index contributed by atoms with van der Waals surface area (Å²) in [6.07, 6.45) is 1.71. The largest absolute Gasteiger partial charge is 0.480 e. The number of nitrogens with one attached hydrogen (secondary N) is 2. The molecule has 7 heteroatoms. The zero-order valence-electron chi connectivity index (χ0n) is 17.6. The van der Waals surface area contributed by atoms with Gasteiger partial charge in [0, 0.05) is 18.4 Å². The first-order chi connectivity index (χ1) is 15.5. The average molecular weight is 434 g/mol. The molecular formula is C25H26N2O5. The fourth-order valence-electron chi connectivity index (χ4n) is 4.33. The van der Waals surface area contributed by atoms with Gasteiger partial charge in [0.2, 0.25) is 5.91 Å². The van der Waals surface area contributed by atoms with Crippen LogP contribution in [-0.4, -0.2) is 42.3 Å². The van der Waals surface area contributed by atoms with Crippen molar-refractivity contribution in [1.29, 1.82) is 0 Å². The van der Waals surface area contributed by atoms with Crippen LogP contribution in [-0.2, 0) is 14.3 Å². The lowest BCUT2D eigenvalue weighted by atomic mass is 9.98. The third-order valence-corrected chi connectivity index (χ3v) is 6.13. The van der Waals surface area contributed by atoms with Crippen molar-refractivity contribution in [2.45, 2.75) is 24.8 Å². The van der Waals surface area contributed by atoms with E-state index < -0.39 is 18.1 Å². The highest BCUT2D eigenvalue weighted by atomic mass is 16.5. The minimum atomic E-state index is -1.09. The number of benzene rings is 2. The monoisotopic (exact) mass is 434 g/mol. The summed E-state index contributed by atoms with van der Waals surface area (Å²) >= 11 is 0. The van der Waals surface area contributed by atoms with Gasteiger partial charge in [0.1, 0.15) is 12.6 Å². The second-order valence-electron chi connectivity index (χ2n) is 8.23. The van der Waals surface area contributed by atoms with Crippen LogP contribution in [0.25, 0.3) is 11.1 Å². The number of hydrogen-bond donors (Lipinski definition) is 3. The van der Waals surface area contributed by atoms with Crippen LogP contribution < -0.4 is 10.6 Å². The predicted octanol–water partition coefficient (Wildman–Crippen LogP) is 3.31. The molecule has 3 atom stereocenters. The standard InChI is InChI=1S/C25H26N2O5/c1-2-7-22(24(29)30)27-23(28)20-12-15(20)13-26-25(31)32-14-21-18-10-5-3-8-16(18)17-9-4-6-11-19(17)21/h2-6,8-11,15,20-22H,1,7,12-14H2,(H,26,31)(H,27,28)(H,29,30)/t15-,20-,22?/m1/s1. The molecule has 0 aromatic heterocycles. The zero-order chi connectivity index (χ0) is 22.7. The Hall–Kier alpha value is -3.61. The predicted molar refractivity (Wildman–Crippen MR) is 119 cm³/mol. The van der Waals surface area contributed by atoms with Gasteiger partial charge in [-0.1, -0.05) is 54.6 Å². The highest BCUT2D eigenvalue weighted by Gasteiger charge is 2.44. The van der Waals surface area contributed by atoms with Crippen molar-refractivity contribution in [3.8, 4) is 11.1 Å². The van der Waals surface area contributed by atoms with E-state index in [2.05, 4.69) is 41.5 Å². The van der Waals surface area contributed by atoms with Crippen LogP contribution in [0.1, 0.15) is 29.9 Å². The third-order valence-electron chi connectivity index (χ3n) is 6.13. The van der Waals surface area contributed by atoms with Gasteiger partial charge in [-0.2, -0.15) is 0 Å². The number of carbonyl (C=O) groups is 3. The van der Waals surface area contributed by atoms with E-state index in [1.807, 2.05) is 24.3 Å². The van der Waals surface area contributed by atoms with Gasteiger partial charge in [0.25, 0.3) is 0 Å². The van der Waals surface area contributed by atoms with E-state index in [0.29, 0.717) is 13.0 Å². The number of carboxylic acids is 1. The van der Waals surface area contributed by atoms with Crippen LogP contribution in [0.4, 0.5) is 4.79 Å². The van der Waals surface area contributed by atoms with Crippen LogP contribution in [0, 0.1) is 11.8 Å². The van der Waals surface area contributed by atoms with E-state index in [1.54, 1.807) is 0 Å². The number of ether oxygens (including phenoxy) is 1. The molecule has 2 aromatic rings. The molecule has 2 aliphatic carbocycles. The molecule has 32 heavy (non-hydrogen) atoms. The third kappa shape index (κ3) is 4.51. The fourth-order valence-corrected chi connectivity index (χ4v) is 4.33. The van der Waals surface area contributed by atoms with Gasteiger partial charge in [-0.3, -0.25) is 4.79 Å². The van der Waals surface area contributed by atoms with Crippen LogP contribution in [0.2, 0.25) is 0 Å². The molecule has 0 heterocycles. The maximum Gasteiger partial charge on any atom is 0.407 e. The zero-order valence-corrected chi connectivity index (χ0v) is 17.6. The van der Waals surface area contributed by atoms with Gasteiger partial charge in [0.15, 0.2) is 0 Å². The molecule has 1 unspecified atom stereocenters. The topological polar surface area (TPSA) is 105 Å². The van der Waals surface area contributed by atoms with Crippen LogP contribution in [0.5, 0.6) is 0 Å². The van der Waals surface area contributed by atoms with E-state index in [4.69, 9.17) is 9.84 Å². The molecule has 3 N–H and O–H groups in total. The Bertz CT molecular complexity index is 1000. The Morgan fingerprint density at radius 2 is 1.72 bits per heavy atom. The minimum absolute atomic E-state index is 0.00888. The van der Waals surface area contributed by atoms with E-state index >= 15 is 0 Å². The molecule has 0 aliphatic heterocycles. The number of fused-ring (bicyclic) bond motifs is 3. The molecule has 2 amide bonds. The number of carboxylic acid groups (broad SMARTS) is 1. The van der Waals surface area contributed by atoms with E-state index in [9.17, 15) is 14.4 Å². The number of rotatable bonds is 9. The summed E-state index contributed by atoms with van der Waals surface area (Å²) in [6, 6.07) is 15.3. The molecule has 0 saturated heterocycles. The maximum absolute atomic E-state index is 12.3. The smallest absolute Gasteiger partial charge is 0.407 e. The molecular weight excluding hydrogens is 408 g/mol. The summed E-state index contributed by atoms with van der Waals surface area (Å²) in [5, 5.41) is 14.4. The Balaban J connectivity index is 1.25. The highest BCUT2D eigenvalue weighted by Crippen LogP contribution is 2.44. The summed E-state index contributed by atoms with van der Waals surface area (Å²) in [5.41, 5.74) is 4.63. The van der Waals surface area contributed by atoms with Crippen molar-refractivity contribution in [2.24, 2.45) is 11.8 Å². The van der Waals surface area contributed by atoms with Gasteiger partial charge in [-0.25, -0.2) is 9.59 Å². The van der Waals surface area contributed by atoms with Crippen LogP contribution in [0.3, 0.4) is 0 Å². The van der Waals surface area contributed by atoms with Crippen molar-refractivity contribution < 1.29 is 24.2 Å². The Morgan fingerprint density at radius 3 is 2.31 bits per heavy atom. The van der Waals surface area contributed by atoms with Crippen LogP contribution >= 0.6 is 0 Å². The lowest BCUT2D eigenvalue weighted by Crippen LogP contribution is -2.41. The molecule has 1 saturated carbocycles. The number of carbonyl (C=O) groups excluding carboxylic acids is 2. The Labute approximate surface area is 186 Å². The van der Waals surface area contributed by atoms with Gasteiger partial charge in [0.05, 0.1) is 0 Å². The molecule has 166 valence electrons. The van der Waals surface area contributed by atoms with E-state index in [0.717, 1.165) is 11.1 Å². The minimum Gasteiger partial charge on any atom is -0.480 e. The summed E-state index contributed by atoms with van der Waals surface area (Å²) in [5.74, 6) is -1.72. The van der Waals surface area contributed by atoms with Crippen molar-refractivity contribution in [3.63, 3.8) is 0 Å². The van der Waals surface area contributed by atoms with Crippen LogP contribution in [0.15, 0.2) is 61.2 Å². The van der Waals surface area contributed by atoms with E-state index in [-0.39, 0.29) is 36.7 Å². The number of amides is 2. The highest BCUT2D eigenvalue weighted by molar-refractivity contribution is 5.87. The summed E-state index contributed by atoms with van der Waals surface area (Å²) < 4.78 is 5.50. The van der Waals surface area contributed by atoms with Crippen molar-refractivity contribution in [1.82, 2.24) is 10.6 Å². The summed E-state index contributed by atoms with van der Waals surface area (Å²) in [7, 11) is 0. The van der Waals surface area contributed by atoms with Gasteiger partial charge >= 0.3 is 12.1 Å². The lowest BCUT2D eigenvalue weighted by molar-refractivity contribution is -0.141. The molecule has 1 fully saturated rings. The molecule has 7 nitrogen and oxygen atoms in total. The molecule has 0 radical (unpaired) electrons. The first kappa shape index (κ1) is 21.6. The lowest BCUT2D eigenvalue weighted by Gasteiger charge is -2.15. The summed E-state index contributed by atoms with van der Waals surface area (Å²) in [6.45, 7) is 4.06. The first-order valence-corrected chi connectivity index (χ1v) is 10.7. The second kappa shape index (κ2) is 9.26. The molecule has 0 spiro atoms. The van der Waals surface area contributed by atoms with Crippen molar-refractivity contribution in [3.05, 3.63) is 72.3 Å². The normalized spacial score (nSPS) is 19.2. The molecule has 4 rings (SSSR count). The maximum atomic E-state index is 12.3. The van der Waals surface area contributed by atoms with Gasteiger partial charge in [-0.05, 0) is 41.0 Å². The van der Waals surface area contributed by atoms with Gasteiger partial charge < -0.3 is 20.5 Å². The second-order valence-corrected chi connectivity index (χ2v) is 8.23. The quantitative estimate of drug-likeness (QED) is 0.525. The number of aliphatic carboxylic acids is 1. The van der Waals surface area contributed by atoms with Crippen molar-refractivity contribution >= 4 is 18.0 Å². The van der Waals surface area contributed by atoms with Gasteiger partial charge in [-0.15, -0.1) is 6.58 Å². The van der Waals surface area contributed by atoms with E-state index in [1.165, 1.54) is 17.2 Å². The average Bonchev–Trinajstić information content (AvgIpc) is 3.51.